The Bertz CT molecular complexity index is 932. The second-order valence-electron chi connectivity index (χ2n) is 7.04. The van der Waals surface area contributed by atoms with E-state index in [4.69, 9.17) is 0 Å². The SMILES string of the molecule is O=C(c1c[nH]c2ccccc12)N1CCC(c2nnc3n2CCC3)CC1. The van der Waals surface area contributed by atoms with Crippen LogP contribution in [0.1, 0.15) is 47.2 Å². The monoisotopic (exact) mass is 335 g/mol. The van der Waals surface area contributed by atoms with Gasteiger partial charge in [0.2, 0.25) is 0 Å². The van der Waals surface area contributed by atoms with Crippen molar-refractivity contribution in [2.75, 3.05) is 13.1 Å². The number of rotatable bonds is 2. The first-order valence-electron chi connectivity index (χ1n) is 9.08. The van der Waals surface area contributed by atoms with Crippen molar-refractivity contribution in [1.29, 1.82) is 0 Å². The number of aryl methyl sites for hydroxylation is 1. The van der Waals surface area contributed by atoms with Crippen molar-refractivity contribution < 1.29 is 4.79 Å². The van der Waals surface area contributed by atoms with Gasteiger partial charge in [0.25, 0.3) is 5.91 Å². The smallest absolute Gasteiger partial charge is 0.256 e. The Kier molecular flexibility index (Phi) is 3.36. The highest BCUT2D eigenvalue weighted by molar-refractivity contribution is 6.06. The highest BCUT2D eigenvalue weighted by Gasteiger charge is 2.30. The minimum absolute atomic E-state index is 0.127. The zero-order valence-electron chi connectivity index (χ0n) is 14.1. The standard InChI is InChI=1S/C19H21N5O/c25-19(15-12-20-16-5-2-1-4-14(15)16)23-10-7-13(8-11-23)18-22-21-17-6-3-9-24(17)18/h1-2,4-5,12-13,20H,3,6-11H2. The fourth-order valence-corrected chi connectivity index (χ4v) is 4.23. The van der Waals surface area contributed by atoms with E-state index in [0.717, 1.165) is 67.0 Å². The Morgan fingerprint density at radius 3 is 2.84 bits per heavy atom. The summed E-state index contributed by atoms with van der Waals surface area (Å²) in [6.45, 7) is 2.61. The summed E-state index contributed by atoms with van der Waals surface area (Å²) in [5.74, 6) is 2.81. The number of aromatic nitrogens is 4. The molecular formula is C19H21N5O. The van der Waals surface area contributed by atoms with Crippen molar-refractivity contribution >= 4 is 16.8 Å². The van der Waals surface area contributed by atoms with Crippen LogP contribution in [0.25, 0.3) is 10.9 Å². The summed E-state index contributed by atoms with van der Waals surface area (Å²) in [5, 5.41) is 9.76. The molecule has 6 nitrogen and oxygen atoms in total. The number of hydrogen-bond acceptors (Lipinski definition) is 3. The van der Waals surface area contributed by atoms with Crippen LogP contribution in [0.4, 0.5) is 0 Å². The summed E-state index contributed by atoms with van der Waals surface area (Å²) in [7, 11) is 0. The zero-order chi connectivity index (χ0) is 16.8. The molecule has 0 spiro atoms. The molecule has 1 saturated heterocycles. The predicted molar refractivity (Wildman–Crippen MR) is 94.5 cm³/mol. The minimum atomic E-state index is 0.127. The average molecular weight is 335 g/mol. The normalized spacial score (nSPS) is 18.0. The molecule has 6 heteroatoms. The van der Waals surface area contributed by atoms with E-state index in [2.05, 4.69) is 19.7 Å². The van der Waals surface area contributed by atoms with Crippen LogP contribution in [0, 0.1) is 0 Å². The molecule has 0 bridgehead atoms. The van der Waals surface area contributed by atoms with Crippen molar-refractivity contribution in [3.05, 3.63) is 47.7 Å². The summed E-state index contributed by atoms with van der Waals surface area (Å²) in [6.07, 6.45) is 5.99. The Morgan fingerprint density at radius 2 is 1.96 bits per heavy atom. The molecule has 128 valence electrons. The molecule has 5 rings (SSSR count). The highest BCUT2D eigenvalue weighted by atomic mass is 16.2. The van der Waals surface area contributed by atoms with Gasteiger partial charge in [0.15, 0.2) is 0 Å². The van der Waals surface area contributed by atoms with E-state index in [1.54, 1.807) is 0 Å². The summed E-state index contributed by atoms with van der Waals surface area (Å²) >= 11 is 0. The molecule has 3 aromatic rings. The number of amides is 1. The Balaban J connectivity index is 1.32. The number of nitrogens with one attached hydrogen (secondary N) is 1. The number of fused-ring (bicyclic) bond motifs is 2. The molecule has 1 amide bonds. The van der Waals surface area contributed by atoms with Crippen LogP contribution in [-0.4, -0.2) is 43.6 Å². The molecule has 0 unspecified atom stereocenters. The zero-order valence-corrected chi connectivity index (χ0v) is 14.1. The maximum atomic E-state index is 12.9. The van der Waals surface area contributed by atoms with Crippen LogP contribution in [0.5, 0.6) is 0 Å². The molecule has 1 N–H and O–H groups in total. The minimum Gasteiger partial charge on any atom is -0.360 e. The lowest BCUT2D eigenvalue weighted by Gasteiger charge is -2.31. The van der Waals surface area contributed by atoms with Gasteiger partial charge in [-0.05, 0) is 25.3 Å². The van der Waals surface area contributed by atoms with Gasteiger partial charge >= 0.3 is 0 Å². The number of hydrogen-bond donors (Lipinski definition) is 1. The number of carbonyl (C=O) groups is 1. The third kappa shape index (κ3) is 2.35. The van der Waals surface area contributed by atoms with Crippen LogP contribution in [0.2, 0.25) is 0 Å². The molecule has 25 heavy (non-hydrogen) atoms. The maximum absolute atomic E-state index is 12.9. The van der Waals surface area contributed by atoms with Crippen LogP contribution in [-0.2, 0) is 13.0 Å². The van der Waals surface area contributed by atoms with Crippen LogP contribution < -0.4 is 0 Å². The molecule has 2 aromatic heterocycles. The highest BCUT2D eigenvalue weighted by Crippen LogP contribution is 2.30. The van der Waals surface area contributed by atoms with Gasteiger partial charge in [-0.25, -0.2) is 0 Å². The quantitative estimate of drug-likeness (QED) is 0.783. The topological polar surface area (TPSA) is 66.8 Å². The molecule has 2 aliphatic rings. The predicted octanol–water partition coefficient (Wildman–Crippen LogP) is 2.73. The lowest BCUT2D eigenvalue weighted by Crippen LogP contribution is -2.38. The Labute approximate surface area is 145 Å². The Morgan fingerprint density at radius 1 is 1.12 bits per heavy atom. The number of nitrogens with zero attached hydrogens (tertiary/aromatic N) is 4. The first-order valence-corrected chi connectivity index (χ1v) is 9.08. The largest absolute Gasteiger partial charge is 0.360 e. The second kappa shape index (κ2) is 5.72. The van der Waals surface area contributed by atoms with Crippen LogP contribution >= 0.6 is 0 Å². The molecule has 0 aliphatic carbocycles. The van der Waals surface area contributed by atoms with Gasteiger partial charge in [-0.2, -0.15) is 0 Å². The molecule has 0 saturated carbocycles. The van der Waals surface area contributed by atoms with Gasteiger partial charge in [-0.15, -0.1) is 10.2 Å². The van der Waals surface area contributed by atoms with Gasteiger partial charge in [0, 0.05) is 49.1 Å². The second-order valence-corrected chi connectivity index (χ2v) is 7.04. The van der Waals surface area contributed by atoms with Gasteiger partial charge in [-0.3, -0.25) is 4.79 Å². The number of carbonyl (C=O) groups excluding carboxylic acids is 1. The van der Waals surface area contributed by atoms with Gasteiger partial charge in [-0.1, -0.05) is 18.2 Å². The van der Waals surface area contributed by atoms with Gasteiger partial charge in [0.05, 0.1) is 5.56 Å². The average Bonchev–Trinajstić information content (AvgIpc) is 3.36. The molecule has 1 aromatic carbocycles. The third-order valence-corrected chi connectivity index (χ3v) is 5.61. The fraction of sp³-hybridized carbons (Fsp3) is 0.421. The van der Waals surface area contributed by atoms with E-state index in [1.807, 2.05) is 35.4 Å². The summed E-state index contributed by atoms with van der Waals surface area (Å²) in [6, 6.07) is 7.97. The Hall–Kier alpha value is -2.63. The van der Waals surface area contributed by atoms with E-state index < -0.39 is 0 Å². The van der Waals surface area contributed by atoms with Gasteiger partial charge < -0.3 is 14.5 Å². The van der Waals surface area contributed by atoms with Crippen LogP contribution in [0.15, 0.2) is 30.5 Å². The summed E-state index contributed by atoms with van der Waals surface area (Å²) in [5.41, 5.74) is 1.79. The first-order chi connectivity index (χ1) is 12.3. The van der Waals surface area contributed by atoms with Crippen molar-refractivity contribution in [3.63, 3.8) is 0 Å². The molecule has 4 heterocycles. The number of H-pyrrole nitrogens is 1. The number of aromatic amines is 1. The molecule has 2 aliphatic heterocycles. The van der Waals surface area contributed by atoms with Crippen LogP contribution in [0.3, 0.4) is 0 Å². The number of benzene rings is 1. The first kappa shape index (κ1) is 14.7. The van der Waals surface area contributed by atoms with Crippen molar-refractivity contribution in [2.24, 2.45) is 0 Å². The summed E-state index contributed by atoms with van der Waals surface area (Å²) in [4.78, 5) is 18.1. The third-order valence-electron chi connectivity index (χ3n) is 5.61. The van der Waals surface area contributed by atoms with Gasteiger partial charge in [0.1, 0.15) is 11.6 Å². The van der Waals surface area contributed by atoms with E-state index in [0.29, 0.717) is 5.92 Å². The summed E-state index contributed by atoms with van der Waals surface area (Å²) < 4.78 is 2.29. The van der Waals surface area contributed by atoms with E-state index in [-0.39, 0.29) is 5.91 Å². The molecule has 0 atom stereocenters. The number of likely N-dealkylation sites (tertiary alicyclic amines) is 1. The number of para-hydroxylation sites is 1. The maximum Gasteiger partial charge on any atom is 0.256 e. The fourth-order valence-electron chi connectivity index (χ4n) is 4.23. The van der Waals surface area contributed by atoms with Crippen molar-refractivity contribution in [3.8, 4) is 0 Å². The van der Waals surface area contributed by atoms with Crippen molar-refractivity contribution in [2.45, 2.75) is 38.1 Å². The van der Waals surface area contributed by atoms with E-state index in [9.17, 15) is 4.79 Å². The molecule has 0 radical (unpaired) electrons. The van der Waals surface area contributed by atoms with E-state index >= 15 is 0 Å². The lowest BCUT2D eigenvalue weighted by atomic mass is 9.95. The molecular weight excluding hydrogens is 314 g/mol. The van der Waals surface area contributed by atoms with E-state index in [1.165, 1.54) is 6.42 Å². The molecule has 1 fully saturated rings. The number of piperidine rings is 1. The van der Waals surface area contributed by atoms with Crippen molar-refractivity contribution in [1.82, 2.24) is 24.6 Å². The lowest BCUT2D eigenvalue weighted by molar-refractivity contribution is 0.0712.